The van der Waals surface area contributed by atoms with Gasteiger partial charge in [-0.1, -0.05) is 18.2 Å². The number of benzene rings is 2. The van der Waals surface area contributed by atoms with Gasteiger partial charge < -0.3 is 5.73 Å². The summed E-state index contributed by atoms with van der Waals surface area (Å²) in [6, 6.07) is 14.2. The molecule has 0 fully saturated rings. The third kappa shape index (κ3) is 1.78. The Morgan fingerprint density at radius 2 is 1.94 bits per heavy atom. The van der Waals surface area contributed by atoms with Gasteiger partial charge in [-0.2, -0.15) is 0 Å². The monoisotopic (exact) mass is 240 g/mol. The third-order valence-corrected chi connectivity index (χ3v) is 3.80. The summed E-state index contributed by atoms with van der Waals surface area (Å²) in [5.41, 5.74) is 10.1. The molecule has 0 aliphatic rings. The standard InChI is InChI=1S/C14H12N2S/c1-9-6-7-13-12(8-9)16-14(17-13)10-4-2-3-5-11(10)15/h2-8H,15H2,1H3. The quantitative estimate of drug-likeness (QED) is 0.656. The molecule has 3 rings (SSSR count). The first-order valence-corrected chi connectivity index (χ1v) is 6.28. The number of fused-ring (bicyclic) bond motifs is 1. The van der Waals surface area contributed by atoms with E-state index in [1.54, 1.807) is 11.3 Å². The van der Waals surface area contributed by atoms with Gasteiger partial charge in [0.15, 0.2) is 0 Å². The molecule has 3 heteroatoms. The molecule has 3 aromatic rings. The number of hydrogen-bond acceptors (Lipinski definition) is 3. The Morgan fingerprint density at radius 3 is 2.76 bits per heavy atom. The number of aromatic nitrogens is 1. The van der Waals surface area contributed by atoms with Crippen LogP contribution in [0.5, 0.6) is 0 Å². The lowest BCUT2D eigenvalue weighted by Crippen LogP contribution is -1.88. The summed E-state index contributed by atoms with van der Waals surface area (Å²) in [5, 5.41) is 0.990. The molecule has 1 heterocycles. The largest absolute Gasteiger partial charge is 0.398 e. The number of aryl methyl sites for hydroxylation is 1. The molecule has 17 heavy (non-hydrogen) atoms. The zero-order valence-electron chi connectivity index (χ0n) is 9.47. The topological polar surface area (TPSA) is 38.9 Å². The molecule has 2 N–H and O–H groups in total. The van der Waals surface area contributed by atoms with Crippen LogP contribution in [0.3, 0.4) is 0 Å². The lowest BCUT2D eigenvalue weighted by molar-refractivity contribution is 1.44. The molecule has 2 aromatic carbocycles. The first-order chi connectivity index (χ1) is 8.24. The molecule has 0 radical (unpaired) electrons. The predicted octanol–water partition coefficient (Wildman–Crippen LogP) is 3.85. The number of para-hydroxylation sites is 1. The second-order valence-electron chi connectivity index (χ2n) is 4.08. The summed E-state index contributed by atoms with van der Waals surface area (Å²) >= 11 is 1.68. The summed E-state index contributed by atoms with van der Waals surface area (Å²) in [6.45, 7) is 2.08. The van der Waals surface area contributed by atoms with Crippen LogP contribution < -0.4 is 5.73 Å². The molecule has 2 nitrogen and oxygen atoms in total. The van der Waals surface area contributed by atoms with Crippen molar-refractivity contribution >= 4 is 27.2 Å². The van der Waals surface area contributed by atoms with Crippen LogP contribution in [0.25, 0.3) is 20.8 Å². The van der Waals surface area contributed by atoms with Crippen molar-refractivity contribution in [2.45, 2.75) is 6.92 Å². The van der Waals surface area contributed by atoms with Crippen LogP contribution in [0.4, 0.5) is 5.69 Å². The van der Waals surface area contributed by atoms with Crippen molar-refractivity contribution in [1.82, 2.24) is 4.98 Å². The highest BCUT2D eigenvalue weighted by Crippen LogP contribution is 2.33. The molecule has 84 valence electrons. The van der Waals surface area contributed by atoms with E-state index in [2.05, 4.69) is 30.1 Å². The lowest BCUT2D eigenvalue weighted by Gasteiger charge is -1.99. The Balaban J connectivity index is 2.22. The summed E-state index contributed by atoms with van der Waals surface area (Å²) < 4.78 is 1.20. The van der Waals surface area contributed by atoms with E-state index in [1.807, 2.05) is 24.3 Å². The number of thiazole rings is 1. The molecule has 0 amide bonds. The molecule has 0 unspecified atom stereocenters. The van der Waals surface area contributed by atoms with Crippen molar-refractivity contribution in [3.05, 3.63) is 48.0 Å². The van der Waals surface area contributed by atoms with Gasteiger partial charge in [0.25, 0.3) is 0 Å². The normalized spacial score (nSPS) is 10.9. The number of nitrogen functional groups attached to an aromatic ring is 1. The van der Waals surface area contributed by atoms with E-state index in [9.17, 15) is 0 Å². The molecular weight excluding hydrogens is 228 g/mol. The molecular formula is C14H12N2S. The van der Waals surface area contributed by atoms with Crippen molar-refractivity contribution in [3.8, 4) is 10.6 Å². The van der Waals surface area contributed by atoms with E-state index in [1.165, 1.54) is 10.3 Å². The minimum Gasteiger partial charge on any atom is -0.398 e. The average molecular weight is 240 g/mol. The van der Waals surface area contributed by atoms with Gasteiger partial charge in [-0.15, -0.1) is 11.3 Å². The zero-order valence-corrected chi connectivity index (χ0v) is 10.3. The minimum atomic E-state index is 0.781. The number of anilines is 1. The average Bonchev–Trinajstić information content (AvgIpc) is 2.72. The first kappa shape index (κ1) is 10.3. The van der Waals surface area contributed by atoms with Gasteiger partial charge in [-0.25, -0.2) is 4.98 Å². The van der Waals surface area contributed by atoms with Gasteiger partial charge in [-0.05, 0) is 36.8 Å². The highest BCUT2D eigenvalue weighted by Gasteiger charge is 2.08. The number of nitrogens with two attached hydrogens (primary N) is 1. The van der Waals surface area contributed by atoms with Crippen molar-refractivity contribution in [3.63, 3.8) is 0 Å². The van der Waals surface area contributed by atoms with Crippen LogP contribution in [0.15, 0.2) is 42.5 Å². The van der Waals surface area contributed by atoms with Crippen LogP contribution in [-0.2, 0) is 0 Å². The summed E-state index contributed by atoms with van der Waals surface area (Å²) in [4.78, 5) is 4.64. The number of nitrogens with zero attached hydrogens (tertiary/aromatic N) is 1. The summed E-state index contributed by atoms with van der Waals surface area (Å²) in [5.74, 6) is 0. The highest BCUT2D eigenvalue weighted by molar-refractivity contribution is 7.21. The zero-order chi connectivity index (χ0) is 11.8. The summed E-state index contributed by atoms with van der Waals surface area (Å²) in [6.07, 6.45) is 0. The van der Waals surface area contributed by atoms with Crippen LogP contribution in [0.1, 0.15) is 5.56 Å². The van der Waals surface area contributed by atoms with Gasteiger partial charge in [0, 0.05) is 11.3 Å². The van der Waals surface area contributed by atoms with Gasteiger partial charge in [0.2, 0.25) is 0 Å². The molecule has 0 aliphatic carbocycles. The van der Waals surface area contributed by atoms with Crippen LogP contribution >= 0.6 is 11.3 Å². The van der Waals surface area contributed by atoms with E-state index in [4.69, 9.17) is 5.73 Å². The van der Waals surface area contributed by atoms with E-state index < -0.39 is 0 Å². The first-order valence-electron chi connectivity index (χ1n) is 5.46. The fraction of sp³-hybridized carbons (Fsp3) is 0.0714. The van der Waals surface area contributed by atoms with E-state index >= 15 is 0 Å². The molecule has 0 spiro atoms. The predicted molar refractivity (Wildman–Crippen MR) is 74.2 cm³/mol. The Hall–Kier alpha value is -1.87. The molecule has 0 saturated heterocycles. The van der Waals surface area contributed by atoms with Crippen molar-refractivity contribution < 1.29 is 0 Å². The smallest absolute Gasteiger partial charge is 0.126 e. The van der Waals surface area contributed by atoms with Gasteiger partial charge in [0.1, 0.15) is 5.01 Å². The SMILES string of the molecule is Cc1ccc2sc(-c3ccccc3N)nc2c1. The minimum absolute atomic E-state index is 0.781. The van der Waals surface area contributed by atoms with E-state index in [-0.39, 0.29) is 0 Å². The van der Waals surface area contributed by atoms with Crippen molar-refractivity contribution in [1.29, 1.82) is 0 Å². The van der Waals surface area contributed by atoms with E-state index in [0.717, 1.165) is 21.8 Å². The Morgan fingerprint density at radius 1 is 1.12 bits per heavy atom. The van der Waals surface area contributed by atoms with Gasteiger partial charge >= 0.3 is 0 Å². The van der Waals surface area contributed by atoms with E-state index in [0.29, 0.717) is 0 Å². The van der Waals surface area contributed by atoms with Crippen molar-refractivity contribution in [2.24, 2.45) is 0 Å². The molecule has 0 saturated carbocycles. The third-order valence-electron chi connectivity index (χ3n) is 2.73. The number of hydrogen-bond donors (Lipinski definition) is 1. The lowest BCUT2D eigenvalue weighted by atomic mass is 10.2. The molecule has 0 atom stereocenters. The van der Waals surface area contributed by atoms with Crippen LogP contribution in [-0.4, -0.2) is 4.98 Å². The second-order valence-corrected chi connectivity index (χ2v) is 5.11. The van der Waals surface area contributed by atoms with Crippen molar-refractivity contribution in [2.75, 3.05) is 5.73 Å². The fourth-order valence-corrected chi connectivity index (χ4v) is 2.84. The van der Waals surface area contributed by atoms with Gasteiger partial charge in [0.05, 0.1) is 10.2 Å². The maximum atomic E-state index is 5.97. The van der Waals surface area contributed by atoms with Gasteiger partial charge in [-0.3, -0.25) is 0 Å². The highest BCUT2D eigenvalue weighted by atomic mass is 32.1. The maximum absolute atomic E-state index is 5.97. The fourth-order valence-electron chi connectivity index (χ4n) is 1.84. The Labute approximate surface area is 104 Å². The van der Waals surface area contributed by atoms with Crippen LogP contribution in [0, 0.1) is 6.92 Å². The molecule has 1 aromatic heterocycles. The van der Waals surface area contributed by atoms with Crippen LogP contribution in [0.2, 0.25) is 0 Å². The Kier molecular flexibility index (Phi) is 2.34. The second kappa shape index (κ2) is 3.86. The molecule has 0 bridgehead atoms. The Bertz CT molecular complexity index is 686. The summed E-state index contributed by atoms with van der Waals surface area (Å²) in [7, 11) is 0. The molecule has 0 aliphatic heterocycles. The maximum Gasteiger partial charge on any atom is 0.126 e. The number of rotatable bonds is 1.